The Labute approximate surface area is 87.0 Å². The molecule has 1 heterocycles. The Morgan fingerprint density at radius 1 is 1.29 bits per heavy atom. The van der Waals surface area contributed by atoms with Crippen LogP contribution in [0.4, 0.5) is 0 Å². The Kier molecular flexibility index (Phi) is 2.37. The van der Waals surface area contributed by atoms with Gasteiger partial charge in [0.05, 0.1) is 0 Å². The summed E-state index contributed by atoms with van der Waals surface area (Å²) in [6, 6.07) is 9.41. The molecule has 0 aliphatic heterocycles. The van der Waals surface area contributed by atoms with E-state index >= 15 is 0 Å². The molecule has 1 nitrogen and oxygen atoms in total. The average molecular weight is 202 g/mol. The maximum Gasteiger partial charge on any atom is 0.116 e. The molecule has 0 unspecified atom stereocenters. The fourth-order valence-electron chi connectivity index (χ4n) is 1.38. The predicted molar refractivity (Wildman–Crippen MR) is 61.5 cm³/mol. The summed E-state index contributed by atoms with van der Waals surface area (Å²) in [7, 11) is 0. The average Bonchev–Trinajstić information content (AvgIpc) is 2.70. The van der Waals surface area contributed by atoms with Crippen LogP contribution in [0.5, 0.6) is 5.75 Å². The second-order valence-electron chi connectivity index (χ2n) is 2.95. The highest BCUT2D eigenvalue weighted by Gasteiger charge is 2.03. The summed E-state index contributed by atoms with van der Waals surface area (Å²) in [5, 5.41) is 11.4. The van der Waals surface area contributed by atoms with Crippen LogP contribution in [0.25, 0.3) is 16.5 Å². The lowest BCUT2D eigenvalue weighted by Crippen LogP contribution is -1.79. The number of hydrogen-bond acceptors (Lipinski definition) is 2. The Morgan fingerprint density at radius 2 is 2.14 bits per heavy atom. The fourth-order valence-corrected chi connectivity index (χ4v) is 2.15. The van der Waals surface area contributed by atoms with Gasteiger partial charge in [-0.05, 0) is 40.8 Å². The molecule has 0 saturated carbocycles. The van der Waals surface area contributed by atoms with Crippen LogP contribution in [0, 0.1) is 0 Å². The molecule has 1 N–H and O–H groups in total. The quantitative estimate of drug-likeness (QED) is 0.786. The highest BCUT2D eigenvalue weighted by atomic mass is 32.1. The van der Waals surface area contributed by atoms with Crippen molar-refractivity contribution in [2.24, 2.45) is 0 Å². The lowest BCUT2D eigenvalue weighted by molar-refractivity contribution is 0.475. The van der Waals surface area contributed by atoms with Gasteiger partial charge in [-0.25, -0.2) is 0 Å². The summed E-state index contributed by atoms with van der Waals surface area (Å²) >= 11 is 1.68. The van der Waals surface area contributed by atoms with Gasteiger partial charge in [0.25, 0.3) is 0 Å². The van der Waals surface area contributed by atoms with Crippen molar-refractivity contribution in [1.29, 1.82) is 0 Å². The molecule has 0 saturated heterocycles. The van der Waals surface area contributed by atoms with Crippen molar-refractivity contribution in [3.8, 4) is 16.2 Å². The van der Waals surface area contributed by atoms with Gasteiger partial charge in [-0.2, -0.15) is 0 Å². The maximum absolute atomic E-state index is 9.32. The lowest BCUT2D eigenvalue weighted by atomic mass is 10.1. The van der Waals surface area contributed by atoms with Gasteiger partial charge in [0.2, 0.25) is 0 Å². The topological polar surface area (TPSA) is 20.2 Å². The molecule has 0 bridgehead atoms. The van der Waals surface area contributed by atoms with E-state index in [4.69, 9.17) is 0 Å². The van der Waals surface area contributed by atoms with Gasteiger partial charge >= 0.3 is 0 Å². The first kappa shape index (κ1) is 9.03. The molecule has 0 amide bonds. The normalized spacial score (nSPS) is 10.0. The second-order valence-corrected chi connectivity index (χ2v) is 3.90. The molecule has 0 aliphatic carbocycles. The number of rotatable bonds is 2. The van der Waals surface area contributed by atoms with Crippen LogP contribution in [-0.2, 0) is 0 Å². The number of phenolic OH excluding ortho intramolecular Hbond substituents is 1. The van der Waals surface area contributed by atoms with Gasteiger partial charge in [-0.3, -0.25) is 0 Å². The Bertz CT molecular complexity index is 443. The van der Waals surface area contributed by atoms with E-state index in [1.807, 2.05) is 17.5 Å². The van der Waals surface area contributed by atoms with Gasteiger partial charge in [0.15, 0.2) is 0 Å². The minimum absolute atomic E-state index is 0.278. The molecular weight excluding hydrogens is 192 g/mol. The minimum Gasteiger partial charge on any atom is -0.508 e. The summed E-state index contributed by atoms with van der Waals surface area (Å²) in [5.41, 5.74) is 2.08. The first-order valence-corrected chi connectivity index (χ1v) is 5.18. The highest BCUT2D eigenvalue weighted by molar-refractivity contribution is 7.13. The minimum atomic E-state index is 0.278. The van der Waals surface area contributed by atoms with E-state index in [9.17, 15) is 5.11 Å². The van der Waals surface area contributed by atoms with Gasteiger partial charge < -0.3 is 5.11 Å². The van der Waals surface area contributed by atoms with E-state index in [1.54, 1.807) is 29.5 Å². The van der Waals surface area contributed by atoms with E-state index < -0.39 is 0 Å². The SMILES string of the molecule is C=Cc1cc(O)ccc1-c1cccs1. The fraction of sp³-hybridized carbons (Fsp3) is 0. The van der Waals surface area contributed by atoms with Crippen molar-refractivity contribution in [3.05, 3.63) is 47.9 Å². The summed E-state index contributed by atoms with van der Waals surface area (Å²) in [5.74, 6) is 0.278. The van der Waals surface area contributed by atoms with Gasteiger partial charge in [-0.15, -0.1) is 11.3 Å². The van der Waals surface area contributed by atoms with Crippen molar-refractivity contribution < 1.29 is 5.11 Å². The third kappa shape index (κ3) is 1.56. The smallest absolute Gasteiger partial charge is 0.116 e. The van der Waals surface area contributed by atoms with E-state index in [1.165, 1.54) is 4.88 Å². The van der Waals surface area contributed by atoms with E-state index in [2.05, 4.69) is 12.6 Å². The van der Waals surface area contributed by atoms with Crippen LogP contribution in [0.1, 0.15) is 5.56 Å². The van der Waals surface area contributed by atoms with Crippen molar-refractivity contribution >= 4 is 17.4 Å². The first-order valence-electron chi connectivity index (χ1n) is 4.30. The van der Waals surface area contributed by atoms with E-state index in [-0.39, 0.29) is 5.75 Å². The van der Waals surface area contributed by atoms with Crippen molar-refractivity contribution in [2.75, 3.05) is 0 Å². The molecule has 14 heavy (non-hydrogen) atoms. The molecule has 0 atom stereocenters. The molecule has 1 aromatic carbocycles. The third-order valence-corrected chi connectivity index (χ3v) is 2.94. The molecule has 0 radical (unpaired) electrons. The van der Waals surface area contributed by atoms with E-state index in [0.717, 1.165) is 11.1 Å². The number of benzene rings is 1. The largest absolute Gasteiger partial charge is 0.508 e. The zero-order valence-electron chi connectivity index (χ0n) is 7.60. The first-order chi connectivity index (χ1) is 6.81. The van der Waals surface area contributed by atoms with Crippen LogP contribution in [-0.4, -0.2) is 5.11 Å². The Balaban J connectivity index is 2.58. The number of thiophene rings is 1. The van der Waals surface area contributed by atoms with Crippen LogP contribution >= 0.6 is 11.3 Å². The van der Waals surface area contributed by atoms with Crippen LogP contribution in [0.2, 0.25) is 0 Å². The molecule has 1 aromatic heterocycles. The maximum atomic E-state index is 9.32. The second kappa shape index (κ2) is 3.68. The molecule has 70 valence electrons. The Morgan fingerprint density at radius 3 is 2.79 bits per heavy atom. The number of aromatic hydroxyl groups is 1. The number of phenols is 1. The predicted octanol–water partition coefficient (Wildman–Crippen LogP) is 3.76. The van der Waals surface area contributed by atoms with Crippen molar-refractivity contribution in [3.63, 3.8) is 0 Å². The zero-order valence-corrected chi connectivity index (χ0v) is 8.42. The monoisotopic (exact) mass is 202 g/mol. The van der Waals surface area contributed by atoms with Gasteiger partial charge in [-0.1, -0.05) is 18.7 Å². The standard InChI is InChI=1S/C12H10OS/c1-2-9-8-10(13)5-6-11(9)12-4-3-7-14-12/h2-8,13H,1H2. The molecule has 2 rings (SSSR count). The summed E-state index contributed by atoms with van der Waals surface area (Å²) in [6.45, 7) is 3.74. The van der Waals surface area contributed by atoms with Crippen molar-refractivity contribution in [2.45, 2.75) is 0 Å². The zero-order chi connectivity index (χ0) is 9.97. The van der Waals surface area contributed by atoms with Crippen LogP contribution in [0.15, 0.2) is 42.3 Å². The van der Waals surface area contributed by atoms with Crippen LogP contribution < -0.4 is 0 Å². The molecule has 2 aromatic rings. The van der Waals surface area contributed by atoms with Crippen LogP contribution in [0.3, 0.4) is 0 Å². The third-order valence-electron chi connectivity index (χ3n) is 2.04. The van der Waals surface area contributed by atoms with E-state index in [0.29, 0.717) is 0 Å². The summed E-state index contributed by atoms with van der Waals surface area (Å²) < 4.78 is 0. The number of hydrogen-bond donors (Lipinski definition) is 1. The molecular formula is C12H10OS. The van der Waals surface area contributed by atoms with Crippen molar-refractivity contribution in [1.82, 2.24) is 0 Å². The lowest BCUT2D eigenvalue weighted by Gasteiger charge is -2.03. The summed E-state index contributed by atoms with van der Waals surface area (Å²) in [4.78, 5) is 1.19. The molecule has 2 heteroatoms. The molecule has 0 spiro atoms. The van der Waals surface area contributed by atoms with Gasteiger partial charge in [0, 0.05) is 4.88 Å². The molecule has 0 fully saturated rings. The molecule has 0 aliphatic rings. The summed E-state index contributed by atoms with van der Waals surface area (Å²) in [6.07, 6.45) is 1.76. The highest BCUT2D eigenvalue weighted by Crippen LogP contribution is 2.30. The Hall–Kier alpha value is -1.54. The van der Waals surface area contributed by atoms with Gasteiger partial charge in [0.1, 0.15) is 5.75 Å².